The van der Waals surface area contributed by atoms with E-state index in [1.807, 2.05) is 21.0 Å². The Labute approximate surface area is 165 Å². The van der Waals surface area contributed by atoms with E-state index >= 15 is 0 Å². The topological polar surface area (TPSA) is 124 Å². The van der Waals surface area contributed by atoms with Crippen molar-refractivity contribution in [3.63, 3.8) is 0 Å². The summed E-state index contributed by atoms with van der Waals surface area (Å²) >= 11 is 0. The van der Waals surface area contributed by atoms with E-state index in [1.54, 1.807) is 4.90 Å². The van der Waals surface area contributed by atoms with Gasteiger partial charge in [-0.3, -0.25) is 25.6 Å². The fourth-order valence-electron chi connectivity index (χ4n) is 3.41. The van der Waals surface area contributed by atoms with Crippen LogP contribution in [-0.2, 0) is 16.0 Å². The van der Waals surface area contributed by atoms with Crippen LogP contribution >= 0.6 is 0 Å². The average molecular weight is 393 g/mol. The lowest BCUT2D eigenvalue weighted by Crippen LogP contribution is -2.44. The van der Waals surface area contributed by atoms with Gasteiger partial charge in [0.15, 0.2) is 0 Å². The van der Waals surface area contributed by atoms with Crippen LogP contribution in [0, 0.1) is 17.8 Å². The maximum absolute atomic E-state index is 12.8. The summed E-state index contributed by atoms with van der Waals surface area (Å²) in [7, 11) is 3.65. The lowest BCUT2D eigenvalue weighted by molar-refractivity contribution is -0.156. The highest BCUT2D eigenvalue weighted by Crippen LogP contribution is 2.33. The van der Waals surface area contributed by atoms with Crippen LogP contribution in [0.15, 0.2) is 0 Å². The van der Waals surface area contributed by atoms with E-state index < -0.39 is 5.92 Å². The Morgan fingerprint density at radius 1 is 1.25 bits per heavy atom. The molecule has 10 heteroatoms. The van der Waals surface area contributed by atoms with Gasteiger partial charge >= 0.3 is 0 Å². The molecule has 1 aliphatic rings. The largest absolute Gasteiger partial charge is 0.347 e. The third kappa shape index (κ3) is 6.01. The summed E-state index contributed by atoms with van der Waals surface area (Å²) in [5.41, 5.74) is 5.40. The number of aromatic nitrogens is 3. The van der Waals surface area contributed by atoms with Gasteiger partial charge in [-0.2, -0.15) is 15.0 Å². The summed E-state index contributed by atoms with van der Waals surface area (Å²) in [4.78, 5) is 38.3. The molecule has 1 saturated carbocycles. The van der Waals surface area contributed by atoms with Crippen molar-refractivity contribution < 1.29 is 14.8 Å². The quantitative estimate of drug-likeness (QED) is 0.325. The van der Waals surface area contributed by atoms with Crippen molar-refractivity contribution in [2.75, 3.05) is 31.0 Å². The van der Waals surface area contributed by atoms with E-state index in [0.717, 1.165) is 25.7 Å². The number of amides is 2. The number of anilines is 2. The van der Waals surface area contributed by atoms with Crippen molar-refractivity contribution in [3.8, 4) is 0 Å². The van der Waals surface area contributed by atoms with Crippen LogP contribution < -0.4 is 15.8 Å². The molecule has 28 heavy (non-hydrogen) atoms. The molecule has 1 heterocycles. The molecule has 0 spiro atoms. The lowest BCUT2D eigenvalue weighted by atomic mass is 9.76. The first kappa shape index (κ1) is 21.8. The summed E-state index contributed by atoms with van der Waals surface area (Å²) in [6.45, 7) is 4.09. The van der Waals surface area contributed by atoms with Gasteiger partial charge in [-0.25, -0.2) is 5.06 Å². The normalized spacial score (nSPS) is 20.2. The number of aryl methyl sites for hydroxylation is 1. The van der Waals surface area contributed by atoms with Gasteiger partial charge in [0.1, 0.15) is 5.82 Å². The Morgan fingerprint density at radius 2 is 1.93 bits per heavy atom. The van der Waals surface area contributed by atoms with Crippen LogP contribution in [0.2, 0.25) is 0 Å². The van der Waals surface area contributed by atoms with Crippen molar-refractivity contribution in [2.45, 2.75) is 46.0 Å². The third-order valence-electron chi connectivity index (χ3n) is 5.16. The number of hydrazine groups is 1. The average Bonchev–Trinajstić information content (AvgIpc) is 2.70. The second-order valence-corrected chi connectivity index (χ2v) is 7.59. The van der Waals surface area contributed by atoms with Crippen molar-refractivity contribution in [1.82, 2.24) is 25.4 Å². The zero-order valence-electron chi connectivity index (χ0n) is 17.1. The number of carbonyl (C=O) groups excluding carboxylic acids is 2. The Balaban J connectivity index is 2.08. The van der Waals surface area contributed by atoms with Gasteiger partial charge in [-0.15, -0.1) is 0 Å². The molecular formula is C18H31N7O3. The molecule has 1 aromatic rings. The molecule has 2 amide bonds. The Kier molecular flexibility index (Phi) is 7.91. The van der Waals surface area contributed by atoms with E-state index in [-0.39, 0.29) is 24.3 Å². The van der Waals surface area contributed by atoms with Crippen LogP contribution in [0.4, 0.5) is 11.9 Å². The number of hydroxylamine groups is 2. The van der Waals surface area contributed by atoms with Gasteiger partial charge in [0.2, 0.25) is 24.2 Å². The molecule has 0 saturated heterocycles. The van der Waals surface area contributed by atoms with Crippen molar-refractivity contribution in [2.24, 2.45) is 17.8 Å². The predicted octanol–water partition coefficient (Wildman–Crippen LogP) is 1.23. The fourth-order valence-corrected chi connectivity index (χ4v) is 3.41. The number of rotatable bonds is 9. The second-order valence-electron chi connectivity index (χ2n) is 7.59. The SMILES string of the molecule is CCc1nc(NNC(=O)[C@@H](CN(O)C=O)C2CCC(C)CC2)nc(N(C)C)n1. The zero-order chi connectivity index (χ0) is 20.7. The third-order valence-corrected chi connectivity index (χ3v) is 5.16. The van der Waals surface area contributed by atoms with E-state index in [9.17, 15) is 14.8 Å². The Hall–Kier alpha value is -2.49. The lowest BCUT2D eigenvalue weighted by Gasteiger charge is -2.32. The first-order valence-electron chi connectivity index (χ1n) is 9.73. The molecule has 1 atom stereocenters. The Bertz CT molecular complexity index is 663. The van der Waals surface area contributed by atoms with Crippen molar-refractivity contribution >= 4 is 24.2 Å². The minimum Gasteiger partial charge on any atom is -0.347 e. The first-order chi connectivity index (χ1) is 13.3. The molecule has 0 unspecified atom stereocenters. The monoisotopic (exact) mass is 393 g/mol. The minimum absolute atomic E-state index is 0.0452. The molecule has 1 aliphatic carbocycles. The van der Waals surface area contributed by atoms with Crippen LogP contribution in [0.5, 0.6) is 0 Å². The van der Waals surface area contributed by atoms with E-state index in [1.165, 1.54) is 0 Å². The number of nitrogens with zero attached hydrogens (tertiary/aromatic N) is 5. The summed E-state index contributed by atoms with van der Waals surface area (Å²) in [6.07, 6.45) is 4.81. The maximum atomic E-state index is 12.8. The molecule has 10 nitrogen and oxygen atoms in total. The van der Waals surface area contributed by atoms with Crippen molar-refractivity contribution in [1.29, 1.82) is 0 Å². The molecule has 156 valence electrons. The number of hydrogen-bond donors (Lipinski definition) is 3. The molecule has 1 aromatic heterocycles. The van der Waals surface area contributed by atoms with E-state index in [0.29, 0.717) is 35.6 Å². The molecule has 3 N–H and O–H groups in total. The summed E-state index contributed by atoms with van der Waals surface area (Å²) < 4.78 is 0. The van der Waals surface area contributed by atoms with Gasteiger partial charge < -0.3 is 4.90 Å². The Morgan fingerprint density at radius 3 is 2.50 bits per heavy atom. The number of carbonyl (C=O) groups is 2. The van der Waals surface area contributed by atoms with Gasteiger partial charge in [0.25, 0.3) is 0 Å². The molecule has 0 aliphatic heterocycles. The molecule has 0 radical (unpaired) electrons. The van der Waals surface area contributed by atoms with E-state index in [4.69, 9.17) is 0 Å². The highest BCUT2D eigenvalue weighted by atomic mass is 16.5. The minimum atomic E-state index is -0.518. The zero-order valence-corrected chi connectivity index (χ0v) is 17.1. The first-order valence-corrected chi connectivity index (χ1v) is 9.73. The summed E-state index contributed by atoms with van der Waals surface area (Å²) in [5, 5.41) is 10.2. The molecule has 0 aromatic carbocycles. The van der Waals surface area contributed by atoms with E-state index in [2.05, 4.69) is 32.7 Å². The van der Waals surface area contributed by atoms with Crippen molar-refractivity contribution in [3.05, 3.63) is 5.82 Å². The summed E-state index contributed by atoms with van der Waals surface area (Å²) in [6, 6.07) is 0. The highest BCUT2D eigenvalue weighted by molar-refractivity contribution is 5.80. The van der Waals surface area contributed by atoms with Crippen LogP contribution in [0.25, 0.3) is 0 Å². The smallest absolute Gasteiger partial charge is 0.246 e. The van der Waals surface area contributed by atoms with Crippen LogP contribution in [0.1, 0.15) is 45.4 Å². The summed E-state index contributed by atoms with van der Waals surface area (Å²) in [5.74, 6) is 1.27. The number of nitrogens with one attached hydrogen (secondary N) is 2. The molecule has 1 fully saturated rings. The van der Waals surface area contributed by atoms with Gasteiger partial charge in [0, 0.05) is 20.5 Å². The predicted molar refractivity (Wildman–Crippen MR) is 104 cm³/mol. The fraction of sp³-hybridized carbons (Fsp3) is 0.722. The van der Waals surface area contributed by atoms with Crippen LogP contribution in [0.3, 0.4) is 0 Å². The van der Waals surface area contributed by atoms with Gasteiger partial charge in [-0.1, -0.05) is 26.7 Å². The highest BCUT2D eigenvalue weighted by Gasteiger charge is 2.32. The molecule has 0 bridgehead atoms. The van der Waals surface area contributed by atoms with Gasteiger partial charge in [0.05, 0.1) is 12.5 Å². The standard InChI is InChI=1S/C18H31N7O3/c1-5-15-19-17(21-18(20-15)24(3)4)23-22-16(27)14(10-25(28)11-26)13-8-6-12(2)7-9-13/h11-14,28H,5-10H2,1-4H3,(H,22,27)(H,19,20,21,23)/t12?,13?,14-/m0/s1. The van der Waals surface area contributed by atoms with Crippen LogP contribution in [-0.4, -0.2) is 58.2 Å². The molecule has 2 rings (SSSR count). The second kappa shape index (κ2) is 10.2. The van der Waals surface area contributed by atoms with Gasteiger partial charge in [-0.05, 0) is 24.7 Å². The maximum Gasteiger partial charge on any atom is 0.246 e. The molecular weight excluding hydrogens is 362 g/mol. The number of hydrogen-bond acceptors (Lipinski definition) is 8.